The van der Waals surface area contributed by atoms with E-state index in [0.29, 0.717) is 19.1 Å². The van der Waals surface area contributed by atoms with Crippen LogP contribution < -0.4 is 9.47 Å². The average molecular weight is 570 g/mol. The first kappa shape index (κ1) is 24.5. The maximum atomic E-state index is 5.90. The lowest BCUT2D eigenvalue weighted by Gasteiger charge is -2.14. The number of ether oxygens (including phenoxy) is 3. The van der Waals surface area contributed by atoms with Crippen LogP contribution in [0, 0.1) is 3.57 Å². The van der Waals surface area contributed by atoms with E-state index in [9.17, 15) is 0 Å². The second-order valence-electron chi connectivity index (χ2n) is 8.59. The van der Waals surface area contributed by atoms with Crippen molar-refractivity contribution < 1.29 is 14.2 Å². The number of imidazole rings is 1. The van der Waals surface area contributed by atoms with Gasteiger partial charge in [0.1, 0.15) is 28.4 Å². The number of halogens is 1. The lowest BCUT2D eigenvalue weighted by molar-refractivity contribution is 0.188. The van der Waals surface area contributed by atoms with Crippen LogP contribution in [0.3, 0.4) is 0 Å². The van der Waals surface area contributed by atoms with Gasteiger partial charge in [0.2, 0.25) is 0 Å². The summed E-state index contributed by atoms with van der Waals surface area (Å²) in [6, 6.07) is 19.0. The molecule has 0 unspecified atom stereocenters. The fourth-order valence-electron chi connectivity index (χ4n) is 4.27. The van der Waals surface area contributed by atoms with Gasteiger partial charge in [-0.1, -0.05) is 56.3 Å². The van der Waals surface area contributed by atoms with Crippen molar-refractivity contribution in [2.75, 3.05) is 27.9 Å². The molecule has 1 heterocycles. The molecule has 0 amide bonds. The summed E-state index contributed by atoms with van der Waals surface area (Å²) in [7, 11) is 5.16. The summed E-state index contributed by atoms with van der Waals surface area (Å²) in [5, 5.41) is 0. The van der Waals surface area contributed by atoms with Gasteiger partial charge < -0.3 is 18.8 Å². The summed E-state index contributed by atoms with van der Waals surface area (Å²) in [5.41, 5.74) is 6.63. The number of methoxy groups -OCH3 is 3. The molecule has 4 rings (SSSR count). The van der Waals surface area contributed by atoms with E-state index in [0.717, 1.165) is 55.0 Å². The standard InChI is InChI=1S/C28H31IN2O3/c1-18(2)19-10-12-20(13-11-19)28-30-26-25(29)22(16-21-8-6-7-9-23(21)33-4)17-24(34-5)27(26)31(28)14-15-32-3/h6-13,17-18H,14-16H2,1-5H3. The van der Waals surface area contributed by atoms with Crippen molar-refractivity contribution in [1.82, 2.24) is 9.55 Å². The van der Waals surface area contributed by atoms with Gasteiger partial charge in [-0.05, 0) is 57.3 Å². The van der Waals surface area contributed by atoms with Gasteiger partial charge in [0.25, 0.3) is 0 Å². The molecule has 5 nitrogen and oxygen atoms in total. The zero-order valence-electron chi connectivity index (χ0n) is 20.4. The van der Waals surface area contributed by atoms with Crippen LogP contribution >= 0.6 is 22.6 Å². The lowest BCUT2D eigenvalue weighted by Crippen LogP contribution is -2.07. The smallest absolute Gasteiger partial charge is 0.145 e. The Bertz CT molecular complexity index is 1280. The van der Waals surface area contributed by atoms with Crippen LogP contribution in [0.2, 0.25) is 0 Å². The van der Waals surface area contributed by atoms with Gasteiger partial charge in [-0.25, -0.2) is 4.98 Å². The van der Waals surface area contributed by atoms with Crippen LogP contribution in [0.5, 0.6) is 11.5 Å². The van der Waals surface area contributed by atoms with Crippen molar-refractivity contribution in [3.8, 4) is 22.9 Å². The van der Waals surface area contributed by atoms with Gasteiger partial charge in [0.05, 0.1) is 20.8 Å². The summed E-state index contributed by atoms with van der Waals surface area (Å²) in [4.78, 5) is 5.15. The van der Waals surface area contributed by atoms with Crippen molar-refractivity contribution in [2.45, 2.75) is 32.7 Å². The molecule has 0 atom stereocenters. The first-order valence-corrected chi connectivity index (χ1v) is 12.5. The first-order chi connectivity index (χ1) is 16.5. The Kier molecular flexibility index (Phi) is 7.78. The minimum absolute atomic E-state index is 0.486. The zero-order valence-corrected chi connectivity index (χ0v) is 22.5. The fourth-order valence-corrected chi connectivity index (χ4v) is 5.00. The number of nitrogens with zero attached hydrogens (tertiary/aromatic N) is 2. The Morgan fingerprint density at radius 2 is 1.62 bits per heavy atom. The highest BCUT2D eigenvalue weighted by molar-refractivity contribution is 14.1. The molecule has 0 spiro atoms. The van der Waals surface area contributed by atoms with Gasteiger partial charge in [-0.3, -0.25) is 0 Å². The van der Waals surface area contributed by atoms with Crippen molar-refractivity contribution >= 4 is 33.6 Å². The molecule has 0 aliphatic heterocycles. The molecule has 0 saturated heterocycles. The Morgan fingerprint density at radius 1 is 0.912 bits per heavy atom. The van der Waals surface area contributed by atoms with Gasteiger partial charge in [-0.15, -0.1) is 0 Å². The zero-order chi connectivity index (χ0) is 24.2. The minimum atomic E-state index is 0.486. The van der Waals surface area contributed by atoms with Crippen molar-refractivity contribution in [2.24, 2.45) is 0 Å². The van der Waals surface area contributed by atoms with Crippen LogP contribution in [0.15, 0.2) is 54.6 Å². The molecule has 0 N–H and O–H groups in total. The average Bonchev–Trinajstić information content (AvgIpc) is 3.24. The Balaban J connectivity index is 1.89. The monoisotopic (exact) mass is 570 g/mol. The summed E-state index contributed by atoms with van der Waals surface area (Å²) >= 11 is 2.42. The number of hydrogen-bond acceptors (Lipinski definition) is 4. The third-order valence-electron chi connectivity index (χ3n) is 6.14. The Labute approximate surface area is 215 Å². The maximum Gasteiger partial charge on any atom is 0.145 e. The minimum Gasteiger partial charge on any atom is -0.496 e. The Hall–Kier alpha value is -2.58. The molecule has 3 aromatic carbocycles. The van der Waals surface area contributed by atoms with E-state index in [4.69, 9.17) is 19.2 Å². The van der Waals surface area contributed by atoms with E-state index >= 15 is 0 Å². The van der Waals surface area contributed by atoms with E-state index in [2.05, 4.69) is 77.4 Å². The van der Waals surface area contributed by atoms with Crippen molar-refractivity contribution in [3.05, 3.63) is 74.9 Å². The molecule has 0 fully saturated rings. The highest BCUT2D eigenvalue weighted by atomic mass is 127. The second kappa shape index (κ2) is 10.8. The second-order valence-corrected chi connectivity index (χ2v) is 9.67. The molecule has 0 aliphatic rings. The summed E-state index contributed by atoms with van der Waals surface area (Å²) in [5.74, 6) is 3.11. The Morgan fingerprint density at radius 3 is 2.26 bits per heavy atom. The van der Waals surface area contributed by atoms with Crippen LogP contribution in [0.4, 0.5) is 0 Å². The molecular formula is C28H31IN2O3. The number of hydrogen-bond donors (Lipinski definition) is 0. The number of rotatable bonds is 9. The third-order valence-corrected chi connectivity index (χ3v) is 7.35. The normalized spacial score (nSPS) is 11.4. The molecule has 0 bridgehead atoms. The van der Waals surface area contributed by atoms with Gasteiger partial charge in [0, 0.05) is 29.2 Å². The number of aromatic nitrogens is 2. The molecule has 1 aromatic heterocycles. The molecule has 0 aliphatic carbocycles. The summed E-state index contributed by atoms with van der Waals surface area (Å²) in [6.07, 6.45) is 0.734. The highest BCUT2D eigenvalue weighted by Crippen LogP contribution is 2.37. The quantitative estimate of drug-likeness (QED) is 0.211. The van der Waals surface area contributed by atoms with Crippen LogP contribution in [-0.4, -0.2) is 37.5 Å². The van der Waals surface area contributed by atoms with E-state index < -0.39 is 0 Å². The number of para-hydroxylation sites is 1. The van der Waals surface area contributed by atoms with Crippen molar-refractivity contribution in [1.29, 1.82) is 0 Å². The summed E-state index contributed by atoms with van der Waals surface area (Å²) < 4.78 is 20.3. The van der Waals surface area contributed by atoms with Crippen LogP contribution in [-0.2, 0) is 17.7 Å². The molecule has 34 heavy (non-hydrogen) atoms. The van der Waals surface area contributed by atoms with E-state index in [1.165, 1.54) is 5.56 Å². The van der Waals surface area contributed by atoms with E-state index in [1.54, 1.807) is 21.3 Å². The van der Waals surface area contributed by atoms with Gasteiger partial charge in [0.15, 0.2) is 0 Å². The number of benzene rings is 3. The lowest BCUT2D eigenvalue weighted by atomic mass is 10.0. The molecular weight excluding hydrogens is 539 g/mol. The third kappa shape index (κ3) is 4.79. The predicted molar refractivity (Wildman–Crippen MR) is 146 cm³/mol. The van der Waals surface area contributed by atoms with Crippen LogP contribution in [0.1, 0.15) is 36.5 Å². The van der Waals surface area contributed by atoms with E-state index in [1.807, 2.05) is 18.2 Å². The maximum absolute atomic E-state index is 5.90. The summed E-state index contributed by atoms with van der Waals surface area (Å²) in [6.45, 7) is 5.69. The molecule has 178 valence electrons. The van der Waals surface area contributed by atoms with E-state index in [-0.39, 0.29) is 0 Å². The molecule has 4 aromatic rings. The number of fused-ring (bicyclic) bond motifs is 1. The predicted octanol–water partition coefficient (Wildman–Crippen LogP) is 6.69. The van der Waals surface area contributed by atoms with Gasteiger partial charge >= 0.3 is 0 Å². The highest BCUT2D eigenvalue weighted by Gasteiger charge is 2.22. The largest absolute Gasteiger partial charge is 0.496 e. The van der Waals surface area contributed by atoms with Crippen molar-refractivity contribution in [3.63, 3.8) is 0 Å². The molecule has 0 saturated carbocycles. The molecule has 0 radical (unpaired) electrons. The van der Waals surface area contributed by atoms with Crippen LogP contribution in [0.25, 0.3) is 22.4 Å². The molecule has 6 heteroatoms. The van der Waals surface area contributed by atoms with Gasteiger partial charge in [-0.2, -0.15) is 0 Å². The SMILES string of the molecule is COCCn1c(-c2ccc(C(C)C)cc2)nc2c(I)c(Cc3ccccc3OC)cc(OC)c21. The first-order valence-electron chi connectivity index (χ1n) is 11.4. The fraction of sp³-hybridized carbons (Fsp3) is 0.321. The topological polar surface area (TPSA) is 45.5 Å².